The fourth-order valence-corrected chi connectivity index (χ4v) is 4.53. The largest absolute Gasteiger partial charge is 0.459 e. The SMILES string of the molecule is Cc1ccc(-c2nc(COC(=O)CCN3C(=O)[C@@H]4CC=CC[C@H]4C3=O)cs2)cc1. The standard InChI is InChI=1S/C22H22N2O4S/c1-14-6-8-15(9-7-14)20-23-16(13-29-20)12-28-19(25)10-11-24-21(26)17-4-2-3-5-18(17)22(24)27/h2-3,6-9,13,17-18H,4-5,10-12H2,1H3/t17-,18-/m1/s1. The quantitative estimate of drug-likeness (QED) is 0.414. The number of rotatable bonds is 6. The van der Waals surface area contributed by atoms with Crippen LogP contribution in [0, 0.1) is 18.8 Å². The number of fused-ring (bicyclic) bond motifs is 1. The third kappa shape index (κ3) is 4.15. The van der Waals surface area contributed by atoms with Crippen molar-refractivity contribution < 1.29 is 19.1 Å². The smallest absolute Gasteiger partial charge is 0.307 e. The molecule has 1 aliphatic carbocycles. The Labute approximate surface area is 173 Å². The lowest BCUT2D eigenvalue weighted by atomic mass is 9.85. The lowest BCUT2D eigenvalue weighted by molar-refractivity contribution is -0.146. The first-order chi connectivity index (χ1) is 14.0. The molecule has 2 atom stereocenters. The summed E-state index contributed by atoms with van der Waals surface area (Å²) in [6.07, 6.45) is 5.09. The number of thiazole rings is 1. The zero-order valence-electron chi connectivity index (χ0n) is 16.2. The van der Waals surface area contributed by atoms with Crippen molar-refractivity contribution in [3.63, 3.8) is 0 Å². The molecular weight excluding hydrogens is 388 g/mol. The van der Waals surface area contributed by atoms with E-state index in [4.69, 9.17) is 4.74 Å². The van der Waals surface area contributed by atoms with E-state index in [2.05, 4.69) is 4.98 Å². The summed E-state index contributed by atoms with van der Waals surface area (Å²) in [6, 6.07) is 8.09. The van der Waals surface area contributed by atoms with E-state index in [-0.39, 0.29) is 43.2 Å². The number of hydrogen-bond acceptors (Lipinski definition) is 6. The number of benzene rings is 1. The molecule has 29 heavy (non-hydrogen) atoms. The molecule has 1 aromatic heterocycles. The number of nitrogens with zero attached hydrogens (tertiary/aromatic N) is 2. The van der Waals surface area contributed by atoms with Crippen LogP contribution in [-0.2, 0) is 25.7 Å². The Bertz CT molecular complexity index is 937. The summed E-state index contributed by atoms with van der Waals surface area (Å²) in [4.78, 5) is 42.7. The average Bonchev–Trinajstić information content (AvgIpc) is 3.30. The molecule has 1 aliphatic heterocycles. The monoisotopic (exact) mass is 410 g/mol. The predicted molar refractivity (Wildman–Crippen MR) is 109 cm³/mol. The van der Waals surface area contributed by atoms with E-state index in [9.17, 15) is 14.4 Å². The van der Waals surface area contributed by atoms with E-state index in [0.717, 1.165) is 10.6 Å². The van der Waals surface area contributed by atoms with E-state index in [1.54, 1.807) is 0 Å². The summed E-state index contributed by atoms with van der Waals surface area (Å²) in [5.41, 5.74) is 2.90. The summed E-state index contributed by atoms with van der Waals surface area (Å²) in [5.74, 6) is -1.31. The van der Waals surface area contributed by atoms with Crippen molar-refractivity contribution in [2.75, 3.05) is 6.54 Å². The lowest BCUT2D eigenvalue weighted by Crippen LogP contribution is -2.33. The van der Waals surface area contributed by atoms with Crippen LogP contribution in [0.5, 0.6) is 0 Å². The van der Waals surface area contributed by atoms with Crippen LogP contribution in [0.25, 0.3) is 10.6 Å². The van der Waals surface area contributed by atoms with Gasteiger partial charge in [0.2, 0.25) is 11.8 Å². The van der Waals surface area contributed by atoms with Crippen LogP contribution in [0.2, 0.25) is 0 Å². The van der Waals surface area contributed by atoms with Crippen molar-refractivity contribution in [1.29, 1.82) is 0 Å². The van der Waals surface area contributed by atoms with Crippen LogP contribution in [0.3, 0.4) is 0 Å². The van der Waals surface area contributed by atoms with Gasteiger partial charge in [0.1, 0.15) is 11.6 Å². The Morgan fingerprint density at radius 1 is 1.14 bits per heavy atom. The minimum atomic E-state index is -0.441. The minimum Gasteiger partial charge on any atom is -0.459 e. The molecule has 1 saturated heterocycles. The Kier molecular flexibility index (Phi) is 5.58. The number of likely N-dealkylation sites (tertiary alicyclic amines) is 1. The molecular formula is C22H22N2O4S. The van der Waals surface area contributed by atoms with Crippen LogP contribution < -0.4 is 0 Å². The first-order valence-corrected chi connectivity index (χ1v) is 10.6. The van der Waals surface area contributed by atoms with Gasteiger partial charge in [-0.2, -0.15) is 0 Å². The van der Waals surface area contributed by atoms with Crippen molar-refractivity contribution in [3.05, 3.63) is 53.1 Å². The maximum atomic E-state index is 12.4. The van der Waals surface area contributed by atoms with E-state index < -0.39 is 5.97 Å². The molecule has 150 valence electrons. The summed E-state index contributed by atoms with van der Waals surface area (Å²) in [5, 5.41) is 2.74. The first-order valence-electron chi connectivity index (χ1n) is 9.70. The molecule has 1 aromatic carbocycles. The molecule has 0 N–H and O–H groups in total. The van der Waals surface area contributed by atoms with E-state index in [0.29, 0.717) is 18.5 Å². The van der Waals surface area contributed by atoms with Crippen molar-refractivity contribution in [2.24, 2.45) is 11.8 Å². The molecule has 0 spiro atoms. The second kappa shape index (κ2) is 8.29. The Morgan fingerprint density at radius 3 is 2.45 bits per heavy atom. The highest BCUT2D eigenvalue weighted by atomic mass is 32.1. The Balaban J connectivity index is 1.27. The fraction of sp³-hybridized carbons (Fsp3) is 0.364. The van der Waals surface area contributed by atoms with Crippen molar-refractivity contribution in [1.82, 2.24) is 9.88 Å². The van der Waals surface area contributed by atoms with Crippen LogP contribution >= 0.6 is 11.3 Å². The molecule has 4 rings (SSSR count). The minimum absolute atomic E-state index is 0.000690. The molecule has 0 radical (unpaired) electrons. The molecule has 2 heterocycles. The van der Waals surface area contributed by atoms with E-state index >= 15 is 0 Å². The number of ether oxygens (including phenoxy) is 1. The molecule has 6 nitrogen and oxygen atoms in total. The van der Waals surface area contributed by atoms with Gasteiger partial charge in [0.05, 0.1) is 24.0 Å². The number of aromatic nitrogens is 1. The molecule has 0 saturated carbocycles. The van der Waals surface area contributed by atoms with Gasteiger partial charge in [0.25, 0.3) is 0 Å². The van der Waals surface area contributed by atoms with Crippen molar-refractivity contribution in [3.8, 4) is 10.6 Å². The van der Waals surface area contributed by atoms with Gasteiger partial charge in [-0.25, -0.2) is 4.98 Å². The maximum Gasteiger partial charge on any atom is 0.307 e. The van der Waals surface area contributed by atoms with E-state index in [1.807, 2.05) is 48.7 Å². The number of esters is 1. The summed E-state index contributed by atoms with van der Waals surface area (Å²) >= 11 is 1.50. The van der Waals surface area contributed by atoms with Crippen LogP contribution in [0.15, 0.2) is 41.8 Å². The number of allylic oxidation sites excluding steroid dienone is 2. The number of aryl methyl sites for hydroxylation is 1. The van der Waals surface area contributed by atoms with Gasteiger partial charge in [0.15, 0.2) is 0 Å². The van der Waals surface area contributed by atoms with Gasteiger partial charge in [-0.3, -0.25) is 19.3 Å². The van der Waals surface area contributed by atoms with Gasteiger partial charge >= 0.3 is 5.97 Å². The fourth-order valence-electron chi connectivity index (χ4n) is 3.72. The predicted octanol–water partition coefficient (Wildman–Crippen LogP) is 3.50. The molecule has 2 aromatic rings. The molecule has 2 aliphatic rings. The molecule has 0 unspecified atom stereocenters. The summed E-state index contributed by atoms with van der Waals surface area (Å²) in [7, 11) is 0. The van der Waals surface area contributed by atoms with Crippen LogP contribution in [0.4, 0.5) is 0 Å². The Hall–Kier alpha value is -2.80. The molecule has 0 bridgehead atoms. The lowest BCUT2D eigenvalue weighted by Gasteiger charge is -2.14. The van der Waals surface area contributed by atoms with Crippen molar-refractivity contribution in [2.45, 2.75) is 32.8 Å². The normalized spacial score (nSPS) is 20.8. The van der Waals surface area contributed by atoms with Gasteiger partial charge in [-0.05, 0) is 19.8 Å². The average molecular weight is 410 g/mol. The van der Waals surface area contributed by atoms with Crippen molar-refractivity contribution >= 4 is 29.1 Å². The number of carbonyl (C=O) groups is 3. The molecule has 1 fully saturated rings. The van der Waals surface area contributed by atoms with Crippen LogP contribution in [-0.4, -0.2) is 34.2 Å². The van der Waals surface area contributed by atoms with Gasteiger partial charge in [-0.1, -0.05) is 42.0 Å². The third-order valence-corrected chi connectivity index (χ3v) is 6.31. The second-order valence-corrected chi connectivity index (χ2v) is 8.26. The highest BCUT2D eigenvalue weighted by Gasteiger charge is 2.46. The maximum absolute atomic E-state index is 12.4. The first kappa shape index (κ1) is 19.5. The number of amides is 2. The number of hydrogen-bond donors (Lipinski definition) is 0. The zero-order chi connectivity index (χ0) is 20.4. The van der Waals surface area contributed by atoms with Gasteiger partial charge in [-0.15, -0.1) is 11.3 Å². The topological polar surface area (TPSA) is 76.6 Å². The summed E-state index contributed by atoms with van der Waals surface area (Å²) < 4.78 is 5.29. The summed E-state index contributed by atoms with van der Waals surface area (Å²) in [6.45, 7) is 2.19. The van der Waals surface area contributed by atoms with Gasteiger partial charge < -0.3 is 4.74 Å². The highest BCUT2D eigenvalue weighted by Crippen LogP contribution is 2.35. The van der Waals surface area contributed by atoms with Gasteiger partial charge in [0, 0.05) is 17.5 Å². The molecule has 7 heteroatoms. The Morgan fingerprint density at radius 2 is 1.79 bits per heavy atom. The van der Waals surface area contributed by atoms with Crippen LogP contribution in [0.1, 0.15) is 30.5 Å². The molecule has 2 amide bonds. The number of imide groups is 1. The number of carbonyl (C=O) groups excluding carboxylic acids is 3. The third-order valence-electron chi connectivity index (χ3n) is 5.37. The highest BCUT2D eigenvalue weighted by molar-refractivity contribution is 7.13. The van der Waals surface area contributed by atoms with E-state index in [1.165, 1.54) is 21.8 Å². The second-order valence-electron chi connectivity index (χ2n) is 7.40. The zero-order valence-corrected chi connectivity index (χ0v) is 17.0.